The first kappa shape index (κ1) is 14.8. The van der Waals surface area contributed by atoms with Crippen molar-refractivity contribution < 1.29 is 4.79 Å². The highest BCUT2D eigenvalue weighted by molar-refractivity contribution is 5.92. The molecule has 21 heavy (non-hydrogen) atoms. The lowest BCUT2D eigenvalue weighted by Gasteiger charge is -2.17. The van der Waals surface area contributed by atoms with Gasteiger partial charge in [-0.25, -0.2) is 9.97 Å². The van der Waals surface area contributed by atoms with Crippen molar-refractivity contribution in [2.45, 2.75) is 26.3 Å². The molecule has 0 radical (unpaired) electrons. The summed E-state index contributed by atoms with van der Waals surface area (Å²) in [5, 5.41) is 0. The normalized spacial score (nSPS) is 10.7. The molecule has 7 heteroatoms. The number of anilines is 1. The van der Waals surface area contributed by atoms with Crippen LogP contribution in [0.25, 0.3) is 0 Å². The molecule has 0 saturated heterocycles. The van der Waals surface area contributed by atoms with Gasteiger partial charge in [0.05, 0.1) is 18.4 Å². The van der Waals surface area contributed by atoms with Gasteiger partial charge in [-0.1, -0.05) is 13.8 Å². The Kier molecular flexibility index (Phi) is 4.42. The van der Waals surface area contributed by atoms with Gasteiger partial charge < -0.3 is 10.6 Å². The van der Waals surface area contributed by atoms with Crippen LogP contribution in [-0.4, -0.2) is 37.8 Å². The number of nitrogens with zero attached hydrogens (tertiary/aromatic N) is 5. The average molecular weight is 286 g/mol. The number of carbonyl (C=O) groups excluding carboxylic acids is 1. The number of rotatable bonds is 4. The molecule has 2 N–H and O–H groups in total. The molecule has 2 rings (SSSR count). The fourth-order valence-electron chi connectivity index (χ4n) is 1.81. The molecule has 0 aliphatic heterocycles. The van der Waals surface area contributed by atoms with Crippen LogP contribution < -0.4 is 5.73 Å². The van der Waals surface area contributed by atoms with Gasteiger partial charge >= 0.3 is 0 Å². The molecular formula is C14H18N6O. The van der Waals surface area contributed by atoms with E-state index < -0.39 is 0 Å². The fourth-order valence-corrected chi connectivity index (χ4v) is 1.81. The minimum Gasteiger partial charge on any atom is -0.368 e. The van der Waals surface area contributed by atoms with Crippen LogP contribution in [0.15, 0.2) is 24.7 Å². The summed E-state index contributed by atoms with van der Waals surface area (Å²) < 4.78 is 0. The number of nitrogens with two attached hydrogens (primary N) is 1. The van der Waals surface area contributed by atoms with E-state index in [1.165, 1.54) is 4.90 Å². The Labute approximate surface area is 123 Å². The van der Waals surface area contributed by atoms with Gasteiger partial charge in [0.15, 0.2) is 0 Å². The van der Waals surface area contributed by atoms with E-state index in [4.69, 9.17) is 5.73 Å². The smallest absolute Gasteiger partial charge is 0.272 e. The molecule has 0 aliphatic carbocycles. The predicted octanol–water partition coefficient (Wildman–Crippen LogP) is 1.24. The largest absolute Gasteiger partial charge is 0.368 e. The van der Waals surface area contributed by atoms with E-state index in [-0.39, 0.29) is 23.5 Å². The zero-order chi connectivity index (χ0) is 15.4. The van der Waals surface area contributed by atoms with E-state index in [0.29, 0.717) is 12.2 Å². The Morgan fingerprint density at radius 1 is 1.33 bits per heavy atom. The van der Waals surface area contributed by atoms with Crippen molar-refractivity contribution >= 4 is 11.9 Å². The first-order valence-electron chi connectivity index (χ1n) is 6.62. The predicted molar refractivity (Wildman–Crippen MR) is 78.4 cm³/mol. The summed E-state index contributed by atoms with van der Waals surface area (Å²) in [5.41, 5.74) is 7.42. The third-order valence-electron chi connectivity index (χ3n) is 2.94. The van der Waals surface area contributed by atoms with E-state index in [9.17, 15) is 4.79 Å². The lowest BCUT2D eigenvalue weighted by molar-refractivity contribution is 0.0777. The summed E-state index contributed by atoms with van der Waals surface area (Å²) in [6.45, 7) is 4.33. The van der Waals surface area contributed by atoms with Crippen LogP contribution in [0.4, 0.5) is 5.95 Å². The summed E-state index contributed by atoms with van der Waals surface area (Å²) in [6, 6.07) is 1.68. The monoisotopic (exact) mass is 286 g/mol. The molecule has 0 aromatic carbocycles. The van der Waals surface area contributed by atoms with Gasteiger partial charge in [0.1, 0.15) is 5.69 Å². The summed E-state index contributed by atoms with van der Waals surface area (Å²) in [4.78, 5) is 30.2. The number of carbonyl (C=O) groups is 1. The Bertz CT molecular complexity index is 629. The molecule has 2 heterocycles. The number of amides is 1. The molecule has 2 aromatic rings. The Morgan fingerprint density at radius 2 is 2.10 bits per heavy atom. The van der Waals surface area contributed by atoms with Crippen LogP contribution in [0.5, 0.6) is 0 Å². The van der Waals surface area contributed by atoms with Crippen molar-refractivity contribution in [3.63, 3.8) is 0 Å². The first-order chi connectivity index (χ1) is 9.97. The van der Waals surface area contributed by atoms with Crippen LogP contribution >= 0.6 is 0 Å². The number of hydrogen-bond acceptors (Lipinski definition) is 6. The summed E-state index contributed by atoms with van der Waals surface area (Å²) in [6.07, 6.45) is 4.80. The number of hydrogen-bond donors (Lipinski definition) is 1. The zero-order valence-electron chi connectivity index (χ0n) is 12.3. The average Bonchev–Trinajstić information content (AvgIpc) is 2.46. The van der Waals surface area contributed by atoms with Gasteiger partial charge in [-0.05, 0) is 12.0 Å². The minimum atomic E-state index is -0.225. The van der Waals surface area contributed by atoms with E-state index in [2.05, 4.69) is 19.9 Å². The second-order valence-electron chi connectivity index (χ2n) is 5.05. The second kappa shape index (κ2) is 6.25. The highest BCUT2D eigenvalue weighted by atomic mass is 16.2. The summed E-state index contributed by atoms with van der Waals surface area (Å²) in [5.74, 6) is 0.0567. The first-order valence-corrected chi connectivity index (χ1v) is 6.62. The molecule has 0 saturated carbocycles. The van der Waals surface area contributed by atoms with Gasteiger partial charge in [-0.2, -0.15) is 0 Å². The minimum absolute atomic E-state index is 0.109. The third kappa shape index (κ3) is 3.71. The molecule has 0 unspecified atom stereocenters. The lowest BCUT2D eigenvalue weighted by Crippen LogP contribution is -2.28. The quantitative estimate of drug-likeness (QED) is 0.908. The van der Waals surface area contributed by atoms with Gasteiger partial charge in [0, 0.05) is 25.1 Å². The molecular weight excluding hydrogens is 268 g/mol. The molecule has 7 nitrogen and oxygen atoms in total. The van der Waals surface area contributed by atoms with Crippen molar-refractivity contribution in [2.24, 2.45) is 0 Å². The van der Waals surface area contributed by atoms with Crippen LogP contribution in [0.1, 0.15) is 41.6 Å². The van der Waals surface area contributed by atoms with Gasteiger partial charge in [0.25, 0.3) is 5.91 Å². The Hall–Kier alpha value is -2.57. The van der Waals surface area contributed by atoms with Crippen molar-refractivity contribution in [2.75, 3.05) is 12.8 Å². The Balaban J connectivity index is 2.19. The van der Waals surface area contributed by atoms with Crippen molar-refractivity contribution in [3.8, 4) is 0 Å². The van der Waals surface area contributed by atoms with Gasteiger partial charge in [-0.3, -0.25) is 14.8 Å². The SMILES string of the molecule is CC(C)c1cc(C(=O)N(C)Cc2cnccn2)nc(N)n1. The van der Waals surface area contributed by atoms with Crippen molar-refractivity contribution in [3.05, 3.63) is 41.7 Å². The lowest BCUT2D eigenvalue weighted by atomic mass is 10.1. The summed E-state index contributed by atoms with van der Waals surface area (Å²) in [7, 11) is 1.68. The van der Waals surface area contributed by atoms with Crippen LogP contribution in [0, 0.1) is 0 Å². The van der Waals surface area contributed by atoms with E-state index >= 15 is 0 Å². The molecule has 2 aromatic heterocycles. The van der Waals surface area contributed by atoms with Crippen molar-refractivity contribution in [1.29, 1.82) is 0 Å². The fraction of sp³-hybridized carbons (Fsp3) is 0.357. The molecule has 1 amide bonds. The highest BCUT2D eigenvalue weighted by Gasteiger charge is 2.17. The zero-order valence-corrected chi connectivity index (χ0v) is 12.3. The molecule has 0 fully saturated rings. The molecule has 0 spiro atoms. The highest BCUT2D eigenvalue weighted by Crippen LogP contribution is 2.15. The number of aromatic nitrogens is 4. The summed E-state index contributed by atoms with van der Waals surface area (Å²) >= 11 is 0. The van der Waals surface area contributed by atoms with Crippen molar-refractivity contribution in [1.82, 2.24) is 24.8 Å². The maximum Gasteiger partial charge on any atom is 0.272 e. The molecule has 0 aliphatic rings. The molecule has 0 atom stereocenters. The molecule has 0 bridgehead atoms. The van der Waals surface area contributed by atoms with E-state index in [0.717, 1.165) is 5.69 Å². The second-order valence-corrected chi connectivity index (χ2v) is 5.05. The Morgan fingerprint density at radius 3 is 2.71 bits per heavy atom. The third-order valence-corrected chi connectivity index (χ3v) is 2.94. The maximum absolute atomic E-state index is 12.4. The number of nitrogen functional groups attached to an aromatic ring is 1. The standard InChI is InChI=1S/C14H18N6O/c1-9(2)11-6-12(19-14(15)18-11)13(21)20(3)8-10-7-16-4-5-17-10/h4-7,9H,8H2,1-3H3,(H2,15,18,19). The topological polar surface area (TPSA) is 97.9 Å². The van der Waals surface area contributed by atoms with Crippen LogP contribution in [0.3, 0.4) is 0 Å². The van der Waals surface area contributed by atoms with Crippen LogP contribution in [-0.2, 0) is 6.54 Å². The maximum atomic E-state index is 12.4. The van der Waals surface area contributed by atoms with E-state index in [1.54, 1.807) is 31.7 Å². The van der Waals surface area contributed by atoms with E-state index in [1.807, 2.05) is 13.8 Å². The van der Waals surface area contributed by atoms with Crippen LogP contribution in [0.2, 0.25) is 0 Å². The molecule has 110 valence electrons. The van der Waals surface area contributed by atoms with Gasteiger partial charge in [-0.15, -0.1) is 0 Å². The van der Waals surface area contributed by atoms with Gasteiger partial charge in [0.2, 0.25) is 5.95 Å².